The van der Waals surface area contributed by atoms with Crippen molar-refractivity contribution in [2.45, 2.75) is 31.1 Å². The highest BCUT2D eigenvalue weighted by Crippen LogP contribution is 2.47. The Kier molecular flexibility index (Phi) is 5.01. The summed E-state index contributed by atoms with van der Waals surface area (Å²) >= 11 is 1.57. The molecule has 8 heteroatoms. The second-order valence-electron chi connectivity index (χ2n) is 6.63. The molecule has 1 fully saturated rings. The van der Waals surface area contributed by atoms with Gasteiger partial charge in [0.1, 0.15) is 11.5 Å². The number of thioether (sulfide) groups is 1. The van der Waals surface area contributed by atoms with Gasteiger partial charge in [-0.25, -0.2) is 4.99 Å². The van der Waals surface area contributed by atoms with Gasteiger partial charge in [0.05, 0.1) is 36.1 Å². The highest BCUT2D eigenvalue weighted by atomic mass is 32.2. The van der Waals surface area contributed by atoms with E-state index in [1.54, 1.807) is 26.0 Å². The van der Waals surface area contributed by atoms with E-state index in [0.29, 0.717) is 24.5 Å². The Bertz CT molecular complexity index is 928. The number of hydrogen-bond donors (Lipinski definition) is 1. The number of nitrogens with one attached hydrogen (secondary N) is 1. The Hall–Kier alpha value is -2.19. The van der Waals surface area contributed by atoms with Gasteiger partial charge in [-0.1, -0.05) is 17.8 Å². The molecular formula is C19H23N3O4S. The fourth-order valence-electron chi connectivity index (χ4n) is 3.67. The Morgan fingerprint density at radius 3 is 2.74 bits per heavy atom. The van der Waals surface area contributed by atoms with Crippen LogP contribution < -0.4 is 15.0 Å². The van der Waals surface area contributed by atoms with Gasteiger partial charge in [-0.15, -0.1) is 0 Å². The molecular weight excluding hydrogens is 366 g/mol. The van der Waals surface area contributed by atoms with Gasteiger partial charge in [-0.3, -0.25) is 14.6 Å². The van der Waals surface area contributed by atoms with Crippen LogP contribution in [-0.4, -0.2) is 42.3 Å². The average Bonchev–Trinajstić information content (AvgIpc) is 3.03. The molecule has 0 bridgehead atoms. The summed E-state index contributed by atoms with van der Waals surface area (Å²) in [6.45, 7) is 3.38. The zero-order chi connectivity index (χ0) is 19.0. The molecule has 1 N–H and O–H groups in total. The lowest BCUT2D eigenvalue weighted by atomic mass is 10.0. The number of methoxy groups -OCH3 is 2. The number of aliphatic imine (C=N–C) groups is 1. The minimum Gasteiger partial charge on any atom is -0.497 e. The van der Waals surface area contributed by atoms with Crippen molar-refractivity contribution in [3.63, 3.8) is 0 Å². The van der Waals surface area contributed by atoms with Gasteiger partial charge in [0.15, 0.2) is 5.82 Å². The average molecular weight is 389 g/mol. The maximum Gasteiger partial charge on any atom is 0.271 e. The van der Waals surface area contributed by atoms with E-state index in [9.17, 15) is 4.79 Å². The van der Waals surface area contributed by atoms with E-state index < -0.39 is 0 Å². The SMILES string of the molecule is COc1ccc([C@H]2SC(C)=Nc3c2c(=O)[nH]n3C2CCOCC2)c(OC)c1. The summed E-state index contributed by atoms with van der Waals surface area (Å²) in [4.78, 5) is 17.6. The zero-order valence-corrected chi connectivity index (χ0v) is 16.5. The minimum atomic E-state index is -0.178. The van der Waals surface area contributed by atoms with E-state index >= 15 is 0 Å². The molecule has 0 spiro atoms. The molecule has 7 nitrogen and oxygen atoms in total. The Morgan fingerprint density at radius 1 is 1.26 bits per heavy atom. The zero-order valence-electron chi connectivity index (χ0n) is 15.7. The molecule has 0 amide bonds. The second kappa shape index (κ2) is 7.44. The van der Waals surface area contributed by atoms with Crippen LogP contribution in [0.15, 0.2) is 28.0 Å². The number of H-pyrrole nitrogens is 1. The van der Waals surface area contributed by atoms with Gasteiger partial charge >= 0.3 is 0 Å². The van der Waals surface area contributed by atoms with Gasteiger partial charge in [0, 0.05) is 24.8 Å². The molecule has 3 heterocycles. The summed E-state index contributed by atoms with van der Waals surface area (Å²) in [6, 6.07) is 5.90. The van der Waals surface area contributed by atoms with E-state index in [2.05, 4.69) is 5.10 Å². The van der Waals surface area contributed by atoms with Crippen molar-refractivity contribution in [1.82, 2.24) is 9.78 Å². The van der Waals surface area contributed by atoms with Crippen molar-refractivity contribution in [3.8, 4) is 11.5 Å². The minimum absolute atomic E-state index is 0.0943. The lowest BCUT2D eigenvalue weighted by molar-refractivity contribution is 0.0666. The quantitative estimate of drug-likeness (QED) is 0.867. The highest BCUT2D eigenvalue weighted by molar-refractivity contribution is 8.14. The molecule has 4 rings (SSSR count). The number of rotatable bonds is 4. The van der Waals surface area contributed by atoms with Crippen molar-refractivity contribution in [2.24, 2.45) is 4.99 Å². The van der Waals surface area contributed by atoms with Crippen molar-refractivity contribution in [2.75, 3.05) is 27.4 Å². The first-order chi connectivity index (χ1) is 13.1. The third-order valence-electron chi connectivity index (χ3n) is 5.03. The molecule has 0 radical (unpaired) electrons. The van der Waals surface area contributed by atoms with E-state index in [1.807, 2.05) is 29.8 Å². The smallest absolute Gasteiger partial charge is 0.271 e. The standard InChI is InChI=1S/C19H23N3O4S/c1-11-20-18-16(19(23)21-22(18)12-6-8-26-9-7-12)17(27-11)14-5-4-13(24-2)10-15(14)25-3/h4-5,10,12,17H,6-9H2,1-3H3,(H,21,23)/t17-/m1/s1. The van der Waals surface area contributed by atoms with Crippen molar-refractivity contribution < 1.29 is 14.2 Å². The van der Waals surface area contributed by atoms with Gasteiger partial charge in [0.2, 0.25) is 0 Å². The van der Waals surface area contributed by atoms with Crippen LogP contribution in [0.5, 0.6) is 11.5 Å². The van der Waals surface area contributed by atoms with Crippen LogP contribution in [0.25, 0.3) is 0 Å². The first-order valence-corrected chi connectivity index (χ1v) is 9.86. The van der Waals surface area contributed by atoms with E-state index in [4.69, 9.17) is 19.2 Å². The maximum atomic E-state index is 12.9. The largest absolute Gasteiger partial charge is 0.497 e. The molecule has 2 aliphatic rings. The van der Waals surface area contributed by atoms with E-state index in [1.165, 1.54) is 0 Å². The summed E-state index contributed by atoms with van der Waals surface area (Å²) < 4.78 is 18.3. The molecule has 1 aromatic heterocycles. The number of nitrogens with zero attached hydrogens (tertiary/aromatic N) is 2. The molecule has 0 saturated carbocycles. The van der Waals surface area contributed by atoms with Crippen molar-refractivity contribution in [1.29, 1.82) is 0 Å². The Balaban J connectivity index is 1.82. The van der Waals surface area contributed by atoms with Gasteiger partial charge in [-0.2, -0.15) is 0 Å². The number of hydrogen-bond acceptors (Lipinski definition) is 6. The summed E-state index contributed by atoms with van der Waals surface area (Å²) in [5, 5.41) is 3.77. The van der Waals surface area contributed by atoms with Crippen LogP contribution >= 0.6 is 11.8 Å². The number of aromatic amines is 1. The van der Waals surface area contributed by atoms with Crippen LogP contribution in [0, 0.1) is 0 Å². The first-order valence-electron chi connectivity index (χ1n) is 8.98. The molecule has 27 heavy (non-hydrogen) atoms. The lowest BCUT2D eigenvalue weighted by Gasteiger charge is -2.26. The lowest BCUT2D eigenvalue weighted by Crippen LogP contribution is -2.21. The van der Waals surface area contributed by atoms with Gasteiger partial charge < -0.3 is 14.2 Å². The molecule has 2 aliphatic heterocycles. The third kappa shape index (κ3) is 3.27. The number of ether oxygens (including phenoxy) is 3. The monoisotopic (exact) mass is 389 g/mol. The second-order valence-corrected chi connectivity index (χ2v) is 7.93. The predicted molar refractivity (Wildman–Crippen MR) is 106 cm³/mol. The summed E-state index contributed by atoms with van der Waals surface area (Å²) in [5.74, 6) is 2.15. The molecule has 0 aliphatic carbocycles. The molecule has 2 aromatic rings. The first kappa shape index (κ1) is 18.2. The number of benzene rings is 1. The Morgan fingerprint density at radius 2 is 2.04 bits per heavy atom. The predicted octanol–water partition coefficient (Wildman–Crippen LogP) is 3.43. The molecule has 1 saturated heterocycles. The summed E-state index contributed by atoms with van der Waals surface area (Å²) in [5.41, 5.74) is 1.53. The van der Waals surface area contributed by atoms with Crippen LogP contribution in [0.4, 0.5) is 5.82 Å². The maximum absolute atomic E-state index is 12.9. The van der Waals surface area contributed by atoms with Crippen LogP contribution in [0.2, 0.25) is 0 Å². The third-order valence-corrected chi connectivity index (χ3v) is 6.19. The van der Waals surface area contributed by atoms with Gasteiger partial charge in [0.25, 0.3) is 5.56 Å². The molecule has 144 valence electrons. The summed E-state index contributed by atoms with van der Waals surface area (Å²) in [6.07, 6.45) is 1.74. The number of fused-ring (bicyclic) bond motifs is 1. The van der Waals surface area contributed by atoms with Crippen LogP contribution in [0.3, 0.4) is 0 Å². The van der Waals surface area contributed by atoms with Crippen molar-refractivity contribution >= 4 is 22.6 Å². The topological polar surface area (TPSA) is 77.8 Å². The van der Waals surface area contributed by atoms with Crippen LogP contribution in [-0.2, 0) is 4.74 Å². The number of aromatic nitrogens is 2. The Labute approximate surface area is 161 Å². The van der Waals surface area contributed by atoms with Crippen LogP contribution in [0.1, 0.15) is 42.2 Å². The fraction of sp³-hybridized carbons (Fsp3) is 0.474. The van der Waals surface area contributed by atoms with Crippen molar-refractivity contribution in [3.05, 3.63) is 39.7 Å². The summed E-state index contributed by atoms with van der Waals surface area (Å²) in [7, 11) is 3.25. The fourth-order valence-corrected chi connectivity index (χ4v) is 4.80. The highest BCUT2D eigenvalue weighted by Gasteiger charge is 2.33. The molecule has 0 unspecified atom stereocenters. The van der Waals surface area contributed by atoms with E-state index in [0.717, 1.165) is 35.0 Å². The van der Waals surface area contributed by atoms with E-state index in [-0.39, 0.29) is 16.9 Å². The normalized spacial score (nSPS) is 20.1. The molecule has 1 aromatic carbocycles. The van der Waals surface area contributed by atoms with Gasteiger partial charge in [-0.05, 0) is 25.8 Å². The molecule has 1 atom stereocenters.